The van der Waals surface area contributed by atoms with Crippen LogP contribution < -0.4 is 9.47 Å². The minimum Gasteiger partial charge on any atom is -0.497 e. The number of methoxy groups -OCH3 is 2. The van der Waals surface area contributed by atoms with Gasteiger partial charge >= 0.3 is 5.97 Å². The topological polar surface area (TPSA) is 48.0 Å². The highest BCUT2D eigenvalue weighted by Crippen LogP contribution is 2.22. The van der Waals surface area contributed by atoms with Crippen molar-refractivity contribution in [3.05, 3.63) is 59.7 Å². The molecule has 5 nitrogen and oxygen atoms in total. The van der Waals surface area contributed by atoms with Gasteiger partial charge in [-0.25, -0.2) is 0 Å². The summed E-state index contributed by atoms with van der Waals surface area (Å²) in [4.78, 5) is 14.9. The van der Waals surface area contributed by atoms with Gasteiger partial charge in [0, 0.05) is 6.54 Å². The van der Waals surface area contributed by atoms with Crippen LogP contribution in [-0.2, 0) is 22.7 Å². The number of ether oxygens (including phenoxy) is 3. The fourth-order valence-corrected chi connectivity index (χ4v) is 3.39. The van der Waals surface area contributed by atoms with Crippen LogP contribution in [0.1, 0.15) is 30.4 Å². The van der Waals surface area contributed by atoms with Gasteiger partial charge in [0.15, 0.2) is 0 Å². The third-order valence-electron chi connectivity index (χ3n) is 4.97. The minimum absolute atomic E-state index is 0.140. The standard InChI is InChI=1S/C22H27NO4/c1-25-19-10-6-17(7-11-19)15-23-14-4-3-5-21(23)22(24)27-16-18-8-12-20(26-2)13-9-18/h6-13,21H,3-5,14-16H2,1-2H3/t21-/m0/s1. The molecule has 1 fully saturated rings. The molecular formula is C22H27NO4. The number of hydrogen-bond donors (Lipinski definition) is 0. The van der Waals surface area contributed by atoms with Crippen LogP contribution in [-0.4, -0.2) is 37.7 Å². The first-order valence-electron chi connectivity index (χ1n) is 9.36. The predicted molar refractivity (Wildman–Crippen MR) is 104 cm³/mol. The number of hydrogen-bond acceptors (Lipinski definition) is 5. The van der Waals surface area contributed by atoms with Crippen molar-refractivity contribution in [2.45, 2.75) is 38.5 Å². The van der Waals surface area contributed by atoms with Crippen LogP contribution in [0, 0.1) is 0 Å². The van der Waals surface area contributed by atoms with Crippen molar-refractivity contribution in [3.63, 3.8) is 0 Å². The van der Waals surface area contributed by atoms with E-state index < -0.39 is 0 Å². The number of esters is 1. The third-order valence-corrected chi connectivity index (χ3v) is 4.97. The Balaban J connectivity index is 1.58. The van der Waals surface area contributed by atoms with E-state index in [-0.39, 0.29) is 18.6 Å². The molecule has 0 spiro atoms. The summed E-state index contributed by atoms with van der Waals surface area (Å²) >= 11 is 0. The monoisotopic (exact) mass is 369 g/mol. The summed E-state index contributed by atoms with van der Waals surface area (Å²) < 4.78 is 16.0. The van der Waals surface area contributed by atoms with E-state index in [1.807, 2.05) is 48.5 Å². The van der Waals surface area contributed by atoms with Gasteiger partial charge in [0.25, 0.3) is 0 Å². The normalized spacial score (nSPS) is 17.3. The average molecular weight is 369 g/mol. The maximum Gasteiger partial charge on any atom is 0.323 e. The van der Waals surface area contributed by atoms with Gasteiger partial charge in [-0.05, 0) is 54.8 Å². The van der Waals surface area contributed by atoms with Crippen LogP contribution in [0.4, 0.5) is 0 Å². The molecule has 0 amide bonds. The van der Waals surface area contributed by atoms with E-state index in [9.17, 15) is 4.79 Å². The van der Waals surface area contributed by atoms with Gasteiger partial charge in [-0.2, -0.15) is 0 Å². The van der Waals surface area contributed by atoms with Gasteiger partial charge in [0.1, 0.15) is 24.1 Å². The second-order valence-electron chi connectivity index (χ2n) is 6.79. The molecule has 1 heterocycles. The van der Waals surface area contributed by atoms with Crippen molar-refractivity contribution < 1.29 is 19.0 Å². The Labute approximate surface area is 160 Å². The average Bonchev–Trinajstić information content (AvgIpc) is 2.73. The predicted octanol–water partition coefficient (Wildman–Crippen LogP) is 3.80. The Morgan fingerprint density at radius 3 is 2.11 bits per heavy atom. The highest BCUT2D eigenvalue weighted by atomic mass is 16.5. The van der Waals surface area contributed by atoms with Crippen molar-refractivity contribution >= 4 is 5.97 Å². The molecule has 2 aromatic rings. The maximum atomic E-state index is 12.7. The fourth-order valence-electron chi connectivity index (χ4n) is 3.39. The maximum absolute atomic E-state index is 12.7. The first kappa shape index (κ1) is 19.2. The van der Waals surface area contributed by atoms with Crippen molar-refractivity contribution in [1.29, 1.82) is 0 Å². The molecule has 1 atom stereocenters. The van der Waals surface area contributed by atoms with Crippen LogP contribution >= 0.6 is 0 Å². The quantitative estimate of drug-likeness (QED) is 0.695. The lowest BCUT2D eigenvalue weighted by atomic mass is 10.0. The minimum atomic E-state index is -0.181. The molecule has 0 aliphatic carbocycles. The van der Waals surface area contributed by atoms with Gasteiger partial charge in [-0.3, -0.25) is 9.69 Å². The summed E-state index contributed by atoms with van der Waals surface area (Å²) in [6, 6.07) is 15.4. The Bertz CT molecular complexity index is 727. The Kier molecular flexibility index (Phi) is 6.71. The number of carbonyl (C=O) groups excluding carboxylic acids is 1. The van der Waals surface area contributed by atoms with Gasteiger partial charge in [0.05, 0.1) is 14.2 Å². The number of nitrogens with zero attached hydrogens (tertiary/aromatic N) is 1. The third kappa shape index (κ3) is 5.23. The molecule has 5 heteroatoms. The molecule has 2 aromatic carbocycles. The van der Waals surface area contributed by atoms with E-state index in [0.29, 0.717) is 0 Å². The van der Waals surface area contributed by atoms with Crippen LogP contribution in [0.2, 0.25) is 0 Å². The van der Waals surface area contributed by atoms with Crippen LogP contribution in [0.15, 0.2) is 48.5 Å². The summed E-state index contributed by atoms with van der Waals surface area (Å²) in [5.41, 5.74) is 2.13. The number of carbonyl (C=O) groups is 1. The van der Waals surface area contributed by atoms with Crippen LogP contribution in [0.5, 0.6) is 11.5 Å². The van der Waals surface area contributed by atoms with E-state index in [4.69, 9.17) is 14.2 Å². The lowest BCUT2D eigenvalue weighted by Gasteiger charge is -2.34. The van der Waals surface area contributed by atoms with E-state index in [1.54, 1.807) is 14.2 Å². The smallest absolute Gasteiger partial charge is 0.323 e. The molecule has 0 unspecified atom stereocenters. The number of piperidine rings is 1. The Morgan fingerprint density at radius 1 is 0.926 bits per heavy atom. The molecule has 1 aliphatic heterocycles. The molecule has 1 saturated heterocycles. The molecular weight excluding hydrogens is 342 g/mol. The van der Waals surface area contributed by atoms with Gasteiger partial charge in [-0.1, -0.05) is 30.7 Å². The zero-order valence-corrected chi connectivity index (χ0v) is 16.0. The summed E-state index contributed by atoms with van der Waals surface area (Å²) in [6.07, 6.45) is 3.01. The highest BCUT2D eigenvalue weighted by Gasteiger charge is 2.30. The van der Waals surface area contributed by atoms with E-state index in [1.165, 1.54) is 5.56 Å². The van der Waals surface area contributed by atoms with Gasteiger partial charge in [-0.15, -0.1) is 0 Å². The molecule has 3 rings (SSSR count). The molecule has 0 aromatic heterocycles. The Hall–Kier alpha value is -2.53. The first-order valence-corrected chi connectivity index (χ1v) is 9.36. The molecule has 27 heavy (non-hydrogen) atoms. The number of benzene rings is 2. The van der Waals surface area contributed by atoms with E-state index >= 15 is 0 Å². The van der Waals surface area contributed by atoms with E-state index in [2.05, 4.69) is 4.90 Å². The summed E-state index contributed by atoms with van der Waals surface area (Å²) in [7, 11) is 3.30. The molecule has 0 radical (unpaired) electrons. The molecule has 1 aliphatic rings. The molecule has 0 N–H and O–H groups in total. The summed E-state index contributed by atoms with van der Waals surface area (Å²) in [5.74, 6) is 1.50. The van der Waals surface area contributed by atoms with Crippen molar-refractivity contribution in [3.8, 4) is 11.5 Å². The first-order chi connectivity index (χ1) is 13.2. The lowest BCUT2D eigenvalue weighted by molar-refractivity contribution is -0.153. The number of likely N-dealkylation sites (tertiary alicyclic amines) is 1. The van der Waals surface area contributed by atoms with Crippen molar-refractivity contribution in [2.75, 3.05) is 20.8 Å². The van der Waals surface area contributed by atoms with E-state index in [0.717, 1.165) is 49.4 Å². The van der Waals surface area contributed by atoms with Crippen LogP contribution in [0.25, 0.3) is 0 Å². The van der Waals surface area contributed by atoms with Crippen molar-refractivity contribution in [1.82, 2.24) is 4.90 Å². The lowest BCUT2D eigenvalue weighted by Crippen LogP contribution is -2.44. The Morgan fingerprint density at radius 2 is 1.52 bits per heavy atom. The van der Waals surface area contributed by atoms with Crippen molar-refractivity contribution in [2.24, 2.45) is 0 Å². The van der Waals surface area contributed by atoms with Crippen LogP contribution in [0.3, 0.4) is 0 Å². The second kappa shape index (κ2) is 9.42. The second-order valence-corrected chi connectivity index (χ2v) is 6.79. The fraction of sp³-hybridized carbons (Fsp3) is 0.409. The zero-order chi connectivity index (χ0) is 19.1. The molecule has 144 valence electrons. The molecule has 0 bridgehead atoms. The summed E-state index contributed by atoms with van der Waals surface area (Å²) in [5, 5.41) is 0. The number of rotatable bonds is 7. The van der Waals surface area contributed by atoms with Gasteiger partial charge in [0.2, 0.25) is 0 Å². The SMILES string of the molecule is COc1ccc(COC(=O)[C@@H]2CCCCN2Cc2ccc(OC)cc2)cc1. The largest absolute Gasteiger partial charge is 0.497 e. The van der Waals surface area contributed by atoms with Gasteiger partial charge < -0.3 is 14.2 Å². The zero-order valence-electron chi connectivity index (χ0n) is 16.0. The summed E-state index contributed by atoms with van der Waals surface area (Å²) in [6.45, 7) is 1.94. The molecule has 0 saturated carbocycles. The highest BCUT2D eigenvalue weighted by molar-refractivity contribution is 5.76.